The van der Waals surface area contributed by atoms with Crippen LogP contribution in [0.1, 0.15) is 22.7 Å². The highest BCUT2D eigenvalue weighted by Gasteiger charge is 2.18. The maximum absolute atomic E-state index is 12.1. The molecule has 5 nitrogen and oxygen atoms in total. The summed E-state index contributed by atoms with van der Waals surface area (Å²) in [5, 5.41) is 4.42. The molecule has 0 aliphatic carbocycles. The standard InChI is InChI=1S/C11H15N3O2S3/c1-8(11-13-2-3-17-11)6-14-19(15,16)10-4-9(5-12)18-7-10/h2-4,7-8,14H,5-6,12H2,1H3. The topological polar surface area (TPSA) is 85.1 Å². The molecule has 19 heavy (non-hydrogen) atoms. The summed E-state index contributed by atoms with van der Waals surface area (Å²) >= 11 is 2.88. The van der Waals surface area contributed by atoms with Gasteiger partial charge < -0.3 is 5.73 Å². The number of thiazole rings is 1. The Labute approximate surface area is 120 Å². The van der Waals surface area contributed by atoms with Crippen molar-refractivity contribution < 1.29 is 8.42 Å². The van der Waals surface area contributed by atoms with Crippen LogP contribution in [0.15, 0.2) is 27.9 Å². The molecule has 3 N–H and O–H groups in total. The molecule has 0 amide bonds. The number of hydrogen-bond donors (Lipinski definition) is 2. The van der Waals surface area contributed by atoms with Gasteiger partial charge in [-0.05, 0) is 6.07 Å². The molecule has 2 aromatic rings. The van der Waals surface area contributed by atoms with Crippen molar-refractivity contribution in [2.75, 3.05) is 6.54 Å². The highest BCUT2D eigenvalue weighted by atomic mass is 32.2. The third-order valence-electron chi connectivity index (χ3n) is 2.59. The smallest absolute Gasteiger partial charge is 0.241 e. The maximum Gasteiger partial charge on any atom is 0.241 e. The number of nitrogens with two attached hydrogens (primary N) is 1. The Morgan fingerprint density at radius 3 is 2.84 bits per heavy atom. The minimum absolute atomic E-state index is 0.0578. The van der Waals surface area contributed by atoms with Crippen molar-refractivity contribution in [1.29, 1.82) is 0 Å². The zero-order chi connectivity index (χ0) is 13.9. The van der Waals surface area contributed by atoms with Gasteiger partial charge in [0.25, 0.3) is 0 Å². The van der Waals surface area contributed by atoms with Crippen LogP contribution >= 0.6 is 22.7 Å². The van der Waals surface area contributed by atoms with Crippen molar-refractivity contribution >= 4 is 32.7 Å². The average molecular weight is 317 g/mol. The lowest BCUT2D eigenvalue weighted by atomic mass is 10.2. The van der Waals surface area contributed by atoms with E-state index in [2.05, 4.69) is 9.71 Å². The van der Waals surface area contributed by atoms with Gasteiger partial charge in [-0.2, -0.15) is 0 Å². The molecule has 2 heterocycles. The van der Waals surface area contributed by atoms with Gasteiger partial charge in [-0.1, -0.05) is 6.92 Å². The predicted octanol–water partition coefficient (Wildman–Crippen LogP) is 1.75. The van der Waals surface area contributed by atoms with Crippen LogP contribution in [-0.2, 0) is 16.6 Å². The van der Waals surface area contributed by atoms with E-state index in [-0.39, 0.29) is 10.8 Å². The van der Waals surface area contributed by atoms with Crippen molar-refractivity contribution in [2.45, 2.75) is 24.3 Å². The van der Waals surface area contributed by atoms with Gasteiger partial charge in [0.2, 0.25) is 10.0 Å². The zero-order valence-electron chi connectivity index (χ0n) is 10.4. The first-order valence-electron chi connectivity index (χ1n) is 5.69. The minimum atomic E-state index is -3.45. The molecule has 0 radical (unpaired) electrons. The van der Waals surface area contributed by atoms with Gasteiger partial charge in [0.05, 0.1) is 9.90 Å². The van der Waals surface area contributed by atoms with E-state index >= 15 is 0 Å². The molecule has 0 bridgehead atoms. The fourth-order valence-corrected chi connectivity index (χ4v) is 4.48. The first kappa shape index (κ1) is 14.6. The van der Waals surface area contributed by atoms with E-state index in [0.717, 1.165) is 9.88 Å². The van der Waals surface area contributed by atoms with E-state index in [4.69, 9.17) is 5.73 Å². The maximum atomic E-state index is 12.1. The Kier molecular flexibility index (Phi) is 4.69. The number of nitrogens with one attached hydrogen (secondary N) is 1. The summed E-state index contributed by atoms with van der Waals surface area (Å²) in [6, 6.07) is 1.61. The summed E-state index contributed by atoms with van der Waals surface area (Å²) in [6.07, 6.45) is 1.72. The third kappa shape index (κ3) is 3.61. The van der Waals surface area contributed by atoms with E-state index in [1.165, 1.54) is 22.7 Å². The summed E-state index contributed by atoms with van der Waals surface area (Å²) in [5.41, 5.74) is 5.48. The number of rotatable bonds is 6. The van der Waals surface area contributed by atoms with Gasteiger partial charge in [-0.3, -0.25) is 0 Å². The van der Waals surface area contributed by atoms with Gasteiger partial charge in [0, 0.05) is 40.8 Å². The van der Waals surface area contributed by atoms with Crippen molar-refractivity contribution in [2.24, 2.45) is 5.73 Å². The summed E-state index contributed by atoms with van der Waals surface area (Å²) in [4.78, 5) is 5.31. The molecule has 0 saturated heterocycles. The van der Waals surface area contributed by atoms with Crippen LogP contribution in [0.25, 0.3) is 0 Å². The van der Waals surface area contributed by atoms with Crippen LogP contribution in [0.5, 0.6) is 0 Å². The molecule has 0 aliphatic rings. The molecule has 0 saturated carbocycles. The molecule has 2 aromatic heterocycles. The lowest BCUT2D eigenvalue weighted by Gasteiger charge is -2.09. The Morgan fingerprint density at radius 1 is 1.47 bits per heavy atom. The highest BCUT2D eigenvalue weighted by Crippen LogP contribution is 2.20. The van der Waals surface area contributed by atoms with Crippen molar-refractivity contribution in [3.05, 3.63) is 32.9 Å². The molecule has 0 aliphatic heterocycles. The van der Waals surface area contributed by atoms with Gasteiger partial charge in [-0.15, -0.1) is 22.7 Å². The quantitative estimate of drug-likeness (QED) is 0.850. The van der Waals surface area contributed by atoms with E-state index in [1.54, 1.807) is 17.6 Å². The summed E-state index contributed by atoms with van der Waals surface area (Å²) < 4.78 is 26.8. The molecule has 8 heteroatoms. The summed E-state index contributed by atoms with van der Waals surface area (Å²) in [6.45, 7) is 2.64. The molecule has 0 spiro atoms. The number of sulfonamides is 1. The van der Waals surface area contributed by atoms with Crippen LogP contribution in [0.4, 0.5) is 0 Å². The van der Waals surface area contributed by atoms with E-state index in [1.807, 2.05) is 12.3 Å². The van der Waals surface area contributed by atoms with Gasteiger partial charge in [-0.25, -0.2) is 18.1 Å². The number of aromatic nitrogens is 1. The summed E-state index contributed by atoms with van der Waals surface area (Å²) in [5.74, 6) is 0.0578. The molecular weight excluding hydrogens is 302 g/mol. The second kappa shape index (κ2) is 6.10. The van der Waals surface area contributed by atoms with Gasteiger partial charge in [0.1, 0.15) is 0 Å². The Balaban J connectivity index is 2.01. The Hall–Kier alpha value is -0.800. The van der Waals surface area contributed by atoms with Crippen LogP contribution in [0.3, 0.4) is 0 Å². The number of nitrogens with zero attached hydrogens (tertiary/aromatic N) is 1. The monoisotopic (exact) mass is 317 g/mol. The van der Waals surface area contributed by atoms with Crippen molar-refractivity contribution in [3.63, 3.8) is 0 Å². The molecule has 0 fully saturated rings. The van der Waals surface area contributed by atoms with Crippen molar-refractivity contribution in [1.82, 2.24) is 9.71 Å². The molecule has 2 rings (SSSR count). The lowest BCUT2D eigenvalue weighted by molar-refractivity contribution is 0.575. The minimum Gasteiger partial charge on any atom is -0.326 e. The number of hydrogen-bond acceptors (Lipinski definition) is 6. The van der Waals surface area contributed by atoms with Crippen LogP contribution in [0.2, 0.25) is 0 Å². The first-order chi connectivity index (χ1) is 9.03. The fraction of sp³-hybridized carbons (Fsp3) is 0.364. The molecule has 1 unspecified atom stereocenters. The second-order valence-electron chi connectivity index (χ2n) is 4.08. The third-order valence-corrected chi connectivity index (χ3v) is 6.11. The lowest BCUT2D eigenvalue weighted by Crippen LogP contribution is -2.27. The Morgan fingerprint density at radius 2 is 2.26 bits per heavy atom. The fourth-order valence-electron chi connectivity index (χ4n) is 1.49. The van der Waals surface area contributed by atoms with Gasteiger partial charge >= 0.3 is 0 Å². The molecule has 104 valence electrons. The molecular formula is C11H15N3O2S3. The van der Waals surface area contributed by atoms with Gasteiger partial charge in [0.15, 0.2) is 0 Å². The van der Waals surface area contributed by atoms with E-state index in [9.17, 15) is 8.42 Å². The average Bonchev–Trinajstić information content (AvgIpc) is 3.06. The van der Waals surface area contributed by atoms with Crippen LogP contribution < -0.4 is 10.5 Å². The highest BCUT2D eigenvalue weighted by molar-refractivity contribution is 7.89. The second-order valence-corrected chi connectivity index (χ2v) is 7.77. The predicted molar refractivity (Wildman–Crippen MR) is 77.9 cm³/mol. The van der Waals surface area contributed by atoms with Crippen molar-refractivity contribution in [3.8, 4) is 0 Å². The van der Waals surface area contributed by atoms with E-state index < -0.39 is 10.0 Å². The normalized spacial score (nSPS) is 13.6. The number of thiophene rings is 1. The van der Waals surface area contributed by atoms with Crippen LogP contribution in [-0.4, -0.2) is 19.9 Å². The van der Waals surface area contributed by atoms with Crippen LogP contribution in [0, 0.1) is 0 Å². The largest absolute Gasteiger partial charge is 0.326 e. The zero-order valence-corrected chi connectivity index (χ0v) is 12.8. The SMILES string of the molecule is CC(CNS(=O)(=O)c1csc(CN)c1)c1nccs1. The Bertz CT molecular complexity index is 619. The van der Waals surface area contributed by atoms with E-state index in [0.29, 0.717) is 13.1 Å². The first-order valence-corrected chi connectivity index (χ1v) is 8.93. The molecule has 0 aromatic carbocycles. The summed E-state index contributed by atoms with van der Waals surface area (Å²) in [7, 11) is -3.45. The molecule has 1 atom stereocenters.